The van der Waals surface area contributed by atoms with Crippen LogP contribution in [0.3, 0.4) is 0 Å². The Labute approximate surface area is 214 Å². The molecule has 13 heteroatoms. The van der Waals surface area contributed by atoms with E-state index in [1.165, 1.54) is 0 Å². The van der Waals surface area contributed by atoms with Gasteiger partial charge in [-0.05, 0) is 20.8 Å². The Morgan fingerprint density at radius 3 is 1.19 bits per heavy atom. The van der Waals surface area contributed by atoms with Crippen molar-refractivity contribution in [2.75, 3.05) is 112 Å². The summed E-state index contributed by atoms with van der Waals surface area (Å²) >= 11 is 0. The number of ether oxygens (including phenoxy) is 9. The topological polar surface area (TPSA) is 150 Å². The molecule has 0 radical (unpaired) electrons. The van der Waals surface area contributed by atoms with E-state index in [0.717, 1.165) is 0 Å². The van der Waals surface area contributed by atoms with Crippen molar-refractivity contribution in [1.82, 2.24) is 4.91 Å². The number of hydrogen-bond donors (Lipinski definition) is 1. The number of carbonyl (C=O) groups excluding carboxylic acids is 1. The summed E-state index contributed by atoms with van der Waals surface area (Å²) in [5, 5.41) is 3.47. The molecule has 0 aromatic rings. The van der Waals surface area contributed by atoms with Crippen LogP contribution in [0.1, 0.15) is 27.2 Å². The summed E-state index contributed by atoms with van der Waals surface area (Å²) in [6.45, 7) is 13.4. The molecular formula is C23H46N3O10+. The molecule has 0 saturated heterocycles. The summed E-state index contributed by atoms with van der Waals surface area (Å²) in [5.41, 5.74) is 6.02. The van der Waals surface area contributed by atoms with Crippen molar-refractivity contribution >= 4 is 5.97 Å². The highest BCUT2D eigenvalue weighted by Gasteiger charge is 2.15. The molecule has 0 aliphatic carbocycles. The average molecular weight is 525 g/mol. The van der Waals surface area contributed by atoms with Crippen molar-refractivity contribution in [3.8, 4) is 0 Å². The molecule has 0 bridgehead atoms. The molecule has 212 valence electrons. The molecule has 0 rings (SSSR count). The third kappa shape index (κ3) is 30.5. The number of carbonyl (C=O) groups is 1. The summed E-state index contributed by atoms with van der Waals surface area (Å²) < 4.78 is 48.2. The van der Waals surface area contributed by atoms with Crippen LogP contribution in [0.25, 0.3) is 0 Å². The van der Waals surface area contributed by atoms with Gasteiger partial charge in [-0.25, -0.2) is 0 Å². The van der Waals surface area contributed by atoms with Gasteiger partial charge in [0.05, 0.1) is 112 Å². The maximum absolute atomic E-state index is 11.5. The lowest BCUT2D eigenvalue weighted by Crippen LogP contribution is -2.24. The van der Waals surface area contributed by atoms with Gasteiger partial charge in [-0.2, -0.15) is 0 Å². The lowest BCUT2D eigenvalue weighted by molar-refractivity contribution is -0.156. The standard InChI is InChI=1S/C23H46N3O10/c1-23(2,3)36-22(27)4-6-28-8-10-30-12-14-32-16-18-34-20-21-35-19-17-33-15-13-31-11-9-29-7-5-25-26-24/h24H,4-21H2,1-3H3/q+1. The van der Waals surface area contributed by atoms with Gasteiger partial charge in [0.1, 0.15) is 22.8 Å². The van der Waals surface area contributed by atoms with Gasteiger partial charge in [-0.1, -0.05) is 0 Å². The van der Waals surface area contributed by atoms with Crippen LogP contribution in [0.15, 0.2) is 5.11 Å². The van der Waals surface area contributed by atoms with Gasteiger partial charge in [0.25, 0.3) is 0 Å². The smallest absolute Gasteiger partial charge is 0.308 e. The molecule has 0 amide bonds. The van der Waals surface area contributed by atoms with Gasteiger partial charge in [-0.15, -0.1) is 0 Å². The Morgan fingerprint density at radius 2 is 0.889 bits per heavy atom. The number of nitrogens with one attached hydrogen (secondary N) is 1. The molecule has 0 aromatic heterocycles. The maximum atomic E-state index is 11.5. The summed E-state index contributed by atoms with van der Waals surface area (Å²) in [6, 6.07) is 0. The molecule has 0 heterocycles. The van der Waals surface area contributed by atoms with E-state index >= 15 is 0 Å². The Morgan fingerprint density at radius 1 is 0.583 bits per heavy atom. The van der Waals surface area contributed by atoms with Crippen LogP contribution in [-0.2, 0) is 47.4 Å². The molecular weight excluding hydrogens is 478 g/mol. The molecule has 0 saturated carbocycles. The average Bonchev–Trinajstić information content (AvgIpc) is 2.82. The highest BCUT2D eigenvalue weighted by Crippen LogP contribution is 2.08. The van der Waals surface area contributed by atoms with Crippen LogP contribution in [0.5, 0.6) is 0 Å². The number of rotatable bonds is 27. The molecule has 36 heavy (non-hydrogen) atoms. The van der Waals surface area contributed by atoms with Gasteiger partial charge in [-0.3, -0.25) is 4.79 Å². The quantitative estimate of drug-likeness (QED) is 0.0723. The zero-order valence-electron chi connectivity index (χ0n) is 22.2. The highest BCUT2D eigenvalue weighted by molar-refractivity contribution is 5.69. The van der Waals surface area contributed by atoms with E-state index in [4.69, 9.17) is 48.2 Å². The molecule has 1 N–H and O–H groups in total. The molecule has 0 aliphatic heterocycles. The molecule has 0 spiro atoms. The molecule has 0 aliphatic rings. The van der Waals surface area contributed by atoms with Crippen molar-refractivity contribution in [3.63, 3.8) is 0 Å². The lowest BCUT2D eigenvalue weighted by atomic mass is 10.2. The fraction of sp³-hybridized carbons (Fsp3) is 0.957. The lowest BCUT2D eigenvalue weighted by Gasteiger charge is -2.19. The molecule has 0 atom stereocenters. The van der Waals surface area contributed by atoms with Crippen LogP contribution in [0, 0.1) is 5.53 Å². The minimum absolute atomic E-state index is 0.233. The zero-order valence-corrected chi connectivity index (χ0v) is 22.2. The third-order valence-electron chi connectivity index (χ3n) is 3.88. The predicted octanol–water partition coefficient (Wildman–Crippen LogP) is 1.40. The van der Waals surface area contributed by atoms with Crippen LogP contribution in [0.2, 0.25) is 0 Å². The maximum Gasteiger partial charge on any atom is 0.308 e. The first-order chi connectivity index (χ1) is 17.5. The van der Waals surface area contributed by atoms with Crippen LogP contribution < -0.4 is 4.91 Å². The highest BCUT2D eigenvalue weighted by atomic mass is 16.6. The normalized spacial score (nSPS) is 11.4. The summed E-state index contributed by atoms with van der Waals surface area (Å²) in [5.74, 6) is -0.265. The molecule has 0 fully saturated rings. The van der Waals surface area contributed by atoms with E-state index in [1.807, 2.05) is 20.8 Å². The van der Waals surface area contributed by atoms with E-state index in [1.54, 1.807) is 0 Å². The van der Waals surface area contributed by atoms with Crippen molar-refractivity contribution in [1.29, 1.82) is 5.53 Å². The predicted molar refractivity (Wildman–Crippen MR) is 129 cm³/mol. The van der Waals surface area contributed by atoms with Crippen LogP contribution in [-0.4, -0.2) is 124 Å². The van der Waals surface area contributed by atoms with Crippen LogP contribution >= 0.6 is 0 Å². The van der Waals surface area contributed by atoms with Crippen molar-refractivity contribution < 1.29 is 47.4 Å². The van der Waals surface area contributed by atoms with E-state index < -0.39 is 5.60 Å². The van der Waals surface area contributed by atoms with Gasteiger partial charge in [0, 0.05) is 0 Å². The summed E-state index contributed by atoms with van der Waals surface area (Å²) in [4.78, 5) is 14.4. The third-order valence-corrected chi connectivity index (χ3v) is 3.88. The number of esters is 1. The minimum atomic E-state index is -0.471. The minimum Gasteiger partial charge on any atom is -0.460 e. The second-order valence-electron chi connectivity index (χ2n) is 8.20. The Kier molecular flexibility index (Phi) is 25.4. The van der Waals surface area contributed by atoms with E-state index in [0.29, 0.717) is 112 Å². The van der Waals surface area contributed by atoms with Gasteiger partial charge >= 0.3 is 5.97 Å². The second-order valence-corrected chi connectivity index (χ2v) is 8.20. The Hall–Kier alpha value is -1.54. The molecule has 0 aromatic carbocycles. The Bertz CT molecular complexity index is 543. The second kappa shape index (κ2) is 26.5. The fourth-order valence-electron chi connectivity index (χ4n) is 2.34. The monoisotopic (exact) mass is 524 g/mol. The largest absolute Gasteiger partial charge is 0.460 e. The van der Waals surface area contributed by atoms with Crippen molar-refractivity contribution in [3.05, 3.63) is 0 Å². The van der Waals surface area contributed by atoms with E-state index in [-0.39, 0.29) is 12.4 Å². The number of hydrogen-bond acceptors (Lipinski definition) is 12. The van der Waals surface area contributed by atoms with Crippen molar-refractivity contribution in [2.45, 2.75) is 32.8 Å². The first-order valence-electron chi connectivity index (χ1n) is 12.3. The molecule has 0 unspecified atom stereocenters. The first-order valence-corrected chi connectivity index (χ1v) is 12.3. The summed E-state index contributed by atoms with van der Waals surface area (Å²) in [6.07, 6.45) is 0.233. The van der Waals surface area contributed by atoms with Gasteiger partial charge in [0.2, 0.25) is 4.91 Å². The fourth-order valence-corrected chi connectivity index (χ4v) is 2.34. The molecule has 13 nitrogen and oxygen atoms in total. The van der Waals surface area contributed by atoms with Gasteiger partial charge in [0.15, 0.2) is 0 Å². The SMILES string of the molecule is CC(C)(C)OC(=O)CCOCCOCCOCCOCCOCCOCCOCCOCCN=[N+]=N. The van der Waals surface area contributed by atoms with E-state index in [2.05, 4.69) is 10.0 Å². The first kappa shape index (κ1) is 34.5. The van der Waals surface area contributed by atoms with Gasteiger partial charge < -0.3 is 42.6 Å². The van der Waals surface area contributed by atoms with Crippen LogP contribution in [0.4, 0.5) is 0 Å². The Balaban J connectivity index is 3.11. The van der Waals surface area contributed by atoms with Crippen molar-refractivity contribution in [2.24, 2.45) is 5.11 Å². The van der Waals surface area contributed by atoms with E-state index in [9.17, 15) is 4.79 Å². The number of nitrogens with zero attached hydrogens (tertiary/aromatic N) is 2. The summed E-state index contributed by atoms with van der Waals surface area (Å²) in [7, 11) is 0. The zero-order chi connectivity index (χ0) is 26.6.